The standard InChI is InChI=1S/3C5H3N3S/c3*1-4-5(2-8-7-1)9-3-6-4/h3*1-3H. The Bertz CT molecular complexity index is 1020. The number of nitrogens with zero attached hydrogens (tertiary/aromatic N) is 9. The summed E-state index contributed by atoms with van der Waals surface area (Å²) in [5.74, 6) is 0. The summed E-state index contributed by atoms with van der Waals surface area (Å²) in [5.41, 5.74) is 8.14. The molecular weight excluding hydrogens is 402 g/mol. The molecule has 6 aromatic heterocycles. The third kappa shape index (κ3) is 4.36. The van der Waals surface area contributed by atoms with E-state index < -0.39 is 0 Å². The van der Waals surface area contributed by atoms with E-state index in [4.69, 9.17) is 0 Å². The zero-order valence-corrected chi connectivity index (χ0v) is 15.9. The molecule has 0 N–H and O–H groups in total. The van der Waals surface area contributed by atoms with E-state index in [-0.39, 0.29) is 0 Å². The fourth-order valence-corrected chi connectivity index (χ4v) is 3.74. The van der Waals surface area contributed by atoms with Crippen molar-refractivity contribution in [2.45, 2.75) is 0 Å². The number of fused-ring (bicyclic) bond motifs is 3. The van der Waals surface area contributed by atoms with E-state index in [1.54, 1.807) is 87.7 Å². The van der Waals surface area contributed by atoms with Crippen LogP contribution >= 0.6 is 34.0 Å². The summed E-state index contributed by atoms with van der Waals surface area (Å²) in [6.07, 6.45) is 10.1. The first kappa shape index (κ1) is 17.3. The maximum Gasteiger partial charge on any atom is 0.103 e. The van der Waals surface area contributed by atoms with Gasteiger partial charge in [-0.05, 0) is 0 Å². The molecular formula is C15H9N9S3. The maximum atomic E-state index is 4.03. The van der Waals surface area contributed by atoms with Crippen molar-refractivity contribution < 1.29 is 0 Å². The zero-order valence-electron chi connectivity index (χ0n) is 13.4. The normalized spacial score (nSPS) is 10.2. The monoisotopic (exact) mass is 411 g/mol. The van der Waals surface area contributed by atoms with Crippen LogP contribution < -0.4 is 0 Å². The van der Waals surface area contributed by atoms with Gasteiger partial charge in [0.05, 0.1) is 67.8 Å². The molecule has 0 aliphatic rings. The average molecular weight is 412 g/mol. The molecule has 0 aliphatic heterocycles. The van der Waals surface area contributed by atoms with E-state index >= 15 is 0 Å². The van der Waals surface area contributed by atoms with Gasteiger partial charge in [0.25, 0.3) is 0 Å². The highest BCUT2D eigenvalue weighted by molar-refractivity contribution is 7.17. The highest BCUT2D eigenvalue weighted by Crippen LogP contribution is 2.14. The van der Waals surface area contributed by atoms with Crippen LogP contribution in [0.1, 0.15) is 0 Å². The predicted molar refractivity (Wildman–Crippen MR) is 106 cm³/mol. The van der Waals surface area contributed by atoms with Crippen LogP contribution in [-0.4, -0.2) is 45.5 Å². The van der Waals surface area contributed by atoms with E-state index in [2.05, 4.69) is 45.5 Å². The minimum atomic E-state index is 0.926. The molecule has 0 fully saturated rings. The van der Waals surface area contributed by atoms with Gasteiger partial charge in [-0.1, -0.05) is 0 Å². The minimum absolute atomic E-state index is 0.926. The minimum Gasteiger partial charge on any atom is -0.243 e. The smallest absolute Gasteiger partial charge is 0.103 e. The number of aromatic nitrogens is 9. The molecule has 0 radical (unpaired) electrons. The molecule has 0 saturated heterocycles. The van der Waals surface area contributed by atoms with Gasteiger partial charge in [-0.2, -0.15) is 30.6 Å². The Balaban J connectivity index is 0.0000001000. The van der Waals surface area contributed by atoms with Crippen molar-refractivity contribution in [1.82, 2.24) is 45.5 Å². The van der Waals surface area contributed by atoms with Gasteiger partial charge in [0.1, 0.15) is 16.6 Å². The lowest BCUT2D eigenvalue weighted by atomic mass is 10.5. The molecule has 0 aliphatic carbocycles. The Kier molecular flexibility index (Phi) is 5.47. The molecule has 0 spiro atoms. The summed E-state index contributed by atoms with van der Waals surface area (Å²) >= 11 is 4.72. The summed E-state index contributed by atoms with van der Waals surface area (Å²) in [4.78, 5) is 12.1. The van der Waals surface area contributed by atoms with Gasteiger partial charge in [0.15, 0.2) is 0 Å². The van der Waals surface area contributed by atoms with Crippen LogP contribution in [0.2, 0.25) is 0 Å². The molecule has 0 bridgehead atoms. The van der Waals surface area contributed by atoms with Gasteiger partial charge >= 0.3 is 0 Å². The van der Waals surface area contributed by atoms with Crippen molar-refractivity contribution in [3.63, 3.8) is 0 Å². The second kappa shape index (κ2) is 8.53. The van der Waals surface area contributed by atoms with Crippen LogP contribution in [0.25, 0.3) is 30.6 Å². The lowest BCUT2D eigenvalue weighted by molar-refractivity contribution is 1.05. The Labute approximate surface area is 163 Å². The molecule has 9 nitrogen and oxygen atoms in total. The Hall–Kier alpha value is -3.09. The van der Waals surface area contributed by atoms with E-state index in [1.807, 2.05) is 0 Å². The molecule has 6 heterocycles. The van der Waals surface area contributed by atoms with Crippen molar-refractivity contribution in [2.24, 2.45) is 0 Å². The van der Waals surface area contributed by atoms with Crippen molar-refractivity contribution >= 4 is 64.7 Å². The molecule has 6 aromatic rings. The van der Waals surface area contributed by atoms with Crippen LogP contribution in [-0.2, 0) is 0 Å². The largest absolute Gasteiger partial charge is 0.243 e. The van der Waals surface area contributed by atoms with Gasteiger partial charge in [0, 0.05) is 0 Å². The summed E-state index contributed by atoms with van der Waals surface area (Å²) in [5, 5.41) is 22.2. The first-order chi connectivity index (χ1) is 13.4. The topological polar surface area (TPSA) is 116 Å². The van der Waals surface area contributed by atoms with Crippen molar-refractivity contribution in [2.75, 3.05) is 0 Å². The summed E-state index contributed by atoms with van der Waals surface area (Å²) in [6.45, 7) is 0. The molecule has 132 valence electrons. The SMILES string of the molecule is c1nc2cnncc2s1.c1nc2cnncc2s1.c1nc2cnncc2s1. The average Bonchev–Trinajstić information content (AvgIpc) is 3.48. The van der Waals surface area contributed by atoms with Gasteiger partial charge in [0.2, 0.25) is 0 Å². The number of hydrogen-bond donors (Lipinski definition) is 0. The van der Waals surface area contributed by atoms with Gasteiger partial charge in [-0.3, -0.25) is 0 Å². The number of thiazole rings is 3. The summed E-state index contributed by atoms with van der Waals surface area (Å²) in [6, 6.07) is 0. The molecule has 0 unspecified atom stereocenters. The van der Waals surface area contributed by atoms with Gasteiger partial charge in [-0.15, -0.1) is 34.0 Å². The van der Waals surface area contributed by atoms with Crippen LogP contribution in [0, 0.1) is 0 Å². The van der Waals surface area contributed by atoms with Crippen LogP contribution in [0.15, 0.2) is 53.7 Å². The molecule has 6 rings (SSSR count). The van der Waals surface area contributed by atoms with Gasteiger partial charge < -0.3 is 0 Å². The first-order valence-corrected chi connectivity index (χ1v) is 10.0. The Morgan fingerprint density at radius 2 is 0.704 bits per heavy atom. The lowest BCUT2D eigenvalue weighted by Gasteiger charge is -1.78. The van der Waals surface area contributed by atoms with Crippen LogP contribution in [0.4, 0.5) is 0 Å². The summed E-state index contributed by atoms with van der Waals surface area (Å²) < 4.78 is 3.26. The van der Waals surface area contributed by atoms with Crippen molar-refractivity contribution in [1.29, 1.82) is 0 Å². The van der Waals surface area contributed by atoms with E-state index in [1.165, 1.54) is 0 Å². The van der Waals surface area contributed by atoms with Crippen LogP contribution in [0.3, 0.4) is 0 Å². The van der Waals surface area contributed by atoms with Gasteiger partial charge in [-0.25, -0.2) is 15.0 Å². The summed E-state index contributed by atoms with van der Waals surface area (Å²) in [7, 11) is 0. The molecule has 0 atom stereocenters. The molecule has 0 aromatic carbocycles. The quantitative estimate of drug-likeness (QED) is 0.371. The fraction of sp³-hybridized carbons (Fsp3) is 0. The first-order valence-electron chi connectivity index (χ1n) is 7.40. The Morgan fingerprint density at radius 1 is 0.407 bits per heavy atom. The second-order valence-corrected chi connectivity index (χ2v) is 7.43. The molecule has 0 amide bonds. The van der Waals surface area contributed by atoms with E-state index in [0.29, 0.717) is 0 Å². The fourth-order valence-electron chi connectivity index (χ4n) is 1.89. The Morgan fingerprint density at radius 3 is 1.00 bits per heavy atom. The highest BCUT2D eigenvalue weighted by Gasteiger charge is 1.93. The maximum absolute atomic E-state index is 4.03. The molecule has 27 heavy (non-hydrogen) atoms. The van der Waals surface area contributed by atoms with Crippen molar-refractivity contribution in [3.8, 4) is 0 Å². The highest BCUT2D eigenvalue weighted by atomic mass is 32.1. The van der Waals surface area contributed by atoms with E-state index in [9.17, 15) is 0 Å². The molecule has 0 saturated carbocycles. The van der Waals surface area contributed by atoms with E-state index in [0.717, 1.165) is 30.6 Å². The zero-order chi connectivity index (χ0) is 18.3. The molecule has 12 heteroatoms. The van der Waals surface area contributed by atoms with Crippen LogP contribution in [0.5, 0.6) is 0 Å². The third-order valence-electron chi connectivity index (χ3n) is 3.14. The third-order valence-corrected chi connectivity index (χ3v) is 5.47. The predicted octanol–water partition coefficient (Wildman–Crippen LogP) is 3.26. The number of hydrogen-bond acceptors (Lipinski definition) is 12. The van der Waals surface area contributed by atoms with Crippen molar-refractivity contribution in [3.05, 3.63) is 53.7 Å². The number of rotatable bonds is 0. The lowest BCUT2D eigenvalue weighted by Crippen LogP contribution is -1.75. The second-order valence-electron chi connectivity index (χ2n) is 4.77.